The first-order valence-electron chi connectivity index (χ1n) is 5.99. The third kappa shape index (κ3) is 6.73. The van der Waals surface area contributed by atoms with Gasteiger partial charge in [-0.2, -0.15) is 0 Å². The molecule has 0 spiro atoms. The minimum Gasteiger partial charge on any atom is -0.478 e. The van der Waals surface area contributed by atoms with Gasteiger partial charge in [0.15, 0.2) is 0 Å². The van der Waals surface area contributed by atoms with Crippen LogP contribution in [-0.2, 0) is 14.3 Å². The van der Waals surface area contributed by atoms with Crippen molar-refractivity contribution in [1.82, 2.24) is 5.32 Å². The lowest BCUT2D eigenvalue weighted by Gasteiger charge is -2.21. The van der Waals surface area contributed by atoms with Crippen LogP contribution in [0.4, 0.5) is 0 Å². The molecule has 1 aliphatic carbocycles. The fourth-order valence-corrected chi connectivity index (χ4v) is 1.84. The SMILES string of the molecule is O=C(O)C=CC(=O)NCCOC1CCCCC1. The molecule has 0 bridgehead atoms. The molecule has 96 valence electrons. The van der Waals surface area contributed by atoms with Gasteiger partial charge in [0.05, 0.1) is 12.7 Å². The van der Waals surface area contributed by atoms with Crippen molar-refractivity contribution in [2.75, 3.05) is 13.2 Å². The van der Waals surface area contributed by atoms with E-state index in [4.69, 9.17) is 9.84 Å². The maximum absolute atomic E-state index is 11.1. The summed E-state index contributed by atoms with van der Waals surface area (Å²) in [5, 5.41) is 10.9. The molecule has 0 atom stereocenters. The van der Waals surface area contributed by atoms with Gasteiger partial charge in [0.2, 0.25) is 5.91 Å². The molecule has 1 fully saturated rings. The van der Waals surface area contributed by atoms with Gasteiger partial charge in [0, 0.05) is 18.7 Å². The van der Waals surface area contributed by atoms with Crippen molar-refractivity contribution in [2.45, 2.75) is 38.2 Å². The van der Waals surface area contributed by atoms with E-state index >= 15 is 0 Å². The monoisotopic (exact) mass is 241 g/mol. The summed E-state index contributed by atoms with van der Waals surface area (Å²) in [4.78, 5) is 21.2. The van der Waals surface area contributed by atoms with Crippen molar-refractivity contribution in [2.24, 2.45) is 0 Å². The fraction of sp³-hybridized carbons (Fsp3) is 0.667. The number of nitrogens with one attached hydrogen (secondary N) is 1. The molecular formula is C12H19NO4. The van der Waals surface area contributed by atoms with Crippen LogP contribution in [-0.4, -0.2) is 36.2 Å². The Morgan fingerprint density at radius 2 is 1.94 bits per heavy atom. The zero-order valence-electron chi connectivity index (χ0n) is 9.85. The second kappa shape index (κ2) is 7.84. The Balaban J connectivity index is 2.03. The fourth-order valence-electron chi connectivity index (χ4n) is 1.84. The molecule has 0 heterocycles. The van der Waals surface area contributed by atoms with Gasteiger partial charge in [-0.15, -0.1) is 0 Å². The van der Waals surface area contributed by atoms with E-state index < -0.39 is 11.9 Å². The molecule has 0 aromatic carbocycles. The highest BCUT2D eigenvalue weighted by atomic mass is 16.5. The van der Waals surface area contributed by atoms with Crippen LogP contribution in [0, 0.1) is 0 Å². The summed E-state index contributed by atoms with van der Waals surface area (Å²) in [6.45, 7) is 0.899. The maximum atomic E-state index is 11.1. The Kier molecular flexibility index (Phi) is 6.32. The van der Waals surface area contributed by atoms with Gasteiger partial charge >= 0.3 is 5.97 Å². The summed E-state index contributed by atoms with van der Waals surface area (Å²) < 4.78 is 5.60. The van der Waals surface area contributed by atoms with Gasteiger partial charge in [0.25, 0.3) is 0 Å². The minimum absolute atomic E-state index is 0.329. The van der Waals surface area contributed by atoms with Gasteiger partial charge in [-0.1, -0.05) is 19.3 Å². The smallest absolute Gasteiger partial charge is 0.328 e. The van der Waals surface area contributed by atoms with Crippen LogP contribution in [0.15, 0.2) is 12.2 Å². The van der Waals surface area contributed by atoms with Crippen molar-refractivity contribution in [1.29, 1.82) is 0 Å². The van der Waals surface area contributed by atoms with E-state index in [0.29, 0.717) is 19.3 Å². The summed E-state index contributed by atoms with van der Waals surface area (Å²) in [5.74, 6) is -1.53. The van der Waals surface area contributed by atoms with Crippen molar-refractivity contribution < 1.29 is 19.4 Å². The molecule has 2 N–H and O–H groups in total. The lowest BCUT2D eigenvalue weighted by molar-refractivity contribution is -0.131. The average Bonchev–Trinajstić information content (AvgIpc) is 2.33. The predicted octanol–water partition coefficient (Wildman–Crippen LogP) is 1.09. The predicted molar refractivity (Wildman–Crippen MR) is 62.6 cm³/mol. The number of carbonyl (C=O) groups is 2. The Morgan fingerprint density at radius 3 is 2.59 bits per heavy atom. The first kappa shape index (κ1) is 13.7. The van der Waals surface area contributed by atoms with Gasteiger partial charge in [0.1, 0.15) is 0 Å². The first-order valence-corrected chi connectivity index (χ1v) is 5.99. The van der Waals surface area contributed by atoms with Crippen LogP contribution in [0.25, 0.3) is 0 Å². The van der Waals surface area contributed by atoms with Crippen LogP contribution in [0.5, 0.6) is 0 Å². The molecule has 5 nitrogen and oxygen atoms in total. The third-order valence-corrected chi connectivity index (χ3v) is 2.68. The molecule has 0 aliphatic heterocycles. The van der Waals surface area contributed by atoms with Crippen molar-refractivity contribution in [3.05, 3.63) is 12.2 Å². The molecule has 0 aromatic rings. The lowest BCUT2D eigenvalue weighted by atomic mass is 9.98. The summed E-state index contributed by atoms with van der Waals surface area (Å²) >= 11 is 0. The van der Waals surface area contributed by atoms with Crippen molar-refractivity contribution >= 4 is 11.9 Å². The van der Waals surface area contributed by atoms with Crippen LogP contribution in [0.3, 0.4) is 0 Å². The van der Waals surface area contributed by atoms with E-state index in [0.717, 1.165) is 25.0 Å². The van der Waals surface area contributed by atoms with E-state index in [1.165, 1.54) is 19.3 Å². The Hall–Kier alpha value is -1.36. The number of rotatable bonds is 6. The summed E-state index contributed by atoms with van der Waals surface area (Å²) in [6, 6.07) is 0. The molecule has 5 heteroatoms. The van der Waals surface area contributed by atoms with Gasteiger partial charge in [-0.05, 0) is 12.8 Å². The second-order valence-corrected chi connectivity index (χ2v) is 4.09. The molecule has 0 unspecified atom stereocenters. The zero-order valence-corrected chi connectivity index (χ0v) is 9.85. The highest BCUT2D eigenvalue weighted by Crippen LogP contribution is 2.19. The molecule has 0 saturated heterocycles. The number of carboxylic acids is 1. The summed E-state index contributed by atoms with van der Waals surface area (Å²) in [7, 11) is 0. The molecule has 17 heavy (non-hydrogen) atoms. The summed E-state index contributed by atoms with van der Waals surface area (Å²) in [5.41, 5.74) is 0. The van der Waals surface area contributed by atoms with E-state index in [1.54, 1.807) is 0 Å². The lowest BCUT2D eigenvalue weighted by Crippen LogP contribution is -2.28. The number of hydrogen-bond donors (Lipinski definition) is 2. The maximum Gasteiger partial charge on any atom is 0.328 e. The number of carboxylic acid groups (broad SMARTS) is 1. The van der Waals surface area contributed by atoms with Crippen molar-refractivity contribution in [3.8, 4) is 0 Å². The second-order valence-electron chi connectivity index (χ2n) is 4.09. The standard InChI is InChI=1S/C12H19NO4/c14-11(6-7-12(15)16)13-8-9-17-10-4-2-1-3-5-10/h6-7,10H,1-5,8-9H2,(H,13,14)(H,15,16). The van der Waals surface area contributed by atoms with Crippen molar-refractivity contribution in [3.63, 3.8) is 0 Å². The van der Waals surface area contributed by atoms with Gasteiger partial charge < -0.3 is 15.2 Å². The van der Waals surface area contributed by atoms with E-state index in [-0.39, 0.29) is 0 Å². The quantitative estimate of drug-likeness (QED) is 0.539. The normalized spacial score (nSPS) is 17.2. The average molecular weight is 241 g/mol. The molecule has 1 saturated carbocycles. The van der Waals surface area contributed by atoms with E-state index in [9.17, 15) is 9.59 Å². The topological polar surface area (TPSA) is 75.6 Å². The number of hydrogen-bond acceptors (Lipinski definition) is 3. The number of aliphatic carboxylic acids is 1. The molecule has 1 amide bonds. The van der Waals surface area contributed by atoms with Crippen LogP contribution >= 0.6 is 0 Å². The van der Waals surface area contributed by atoms with E-state index in [1.807, 2.05) is 0 Å². The molecule has 1 aliphatic rings. The highest BCUT2D eigenvalue weighted by Gasteiger charge is 2.12. The third-order valence-electron chi connectivity index (χ3n) is 2.68. The largest absolute Gasteiger partial charge is 0.478 e. The number of carbonyl (C=O) groups excluding carboxylic acids is 1. The van der Waals surface area contributed by atoms with Crippen LogP contribution in [0.2, 0.25) is 0 Å². The molecule has 0 aromatic heterocycles. The van der Waals surface area contributed by atoms with Crippen LogP contribution < -0.4 is 5.32 Å². The van der Waals surface area contributed by atoms with Gasteiger partial charge in [-0.25, -0.2) is 4.79 Å². The molecule has 1 rings (SSSR count). The molecule has 0 radical (unpaired) electrons. The summed E-state index contributed by atoms with van der Waals surface area (Å²) in [6.07, 6.45) is 8.09. The first-order chi connectivity index (χ1) is 8.18. The zero-order chi connectivity index (χ0) is 12.5. The number of amides is 1. The van der Waals surface area contributed by atoms with Crippen LogP contribution in [0.1, 0.15) is 32.1 Å². The molecular weight excluding hydrogens is 222 g/mol. The Bertz CT molecular complexity index is 282. The Morgan fingerprint density at radius 1 is 1.24 bits per heavy atom. The highest BCUT2D eigenvalue weighted by molar-refractivity contribution is 5.93. The van der Waals surface area contributed by atoms with Gasteiger partial charge in [-0.3, -0.25) is 4.79 Å². The number of ether oxygens (including phenoxy) is 1. The Labute approximate surface area is 101 Å². The minimum atomic E-state index is -1.13. The van der Waals surface area contributed by atoms with E-state index in [2.05, 4.69) is 5.32 Å².